The van der Waals surface area contributed by atoms with Gasteiger partial charge in [-0.2, -0.15) is 0 Å². The fourth-order valence-corrected chi connectivity index (χ4v) is 2.44. The maximum Gasteiger partial charge on any atom is 0.310 e. The molecular weight excluding hydrogens is 384 g/mol. The van der Waals surface area contributed by atoms with E-state index in [0.29, 0.717) is 22.2 Å². The highest BCUT2D eigenvalue weighted by Crippen LogP contribution is 2.26. The van der Waals surface area contributed by atoms with Crippen LogP contribution < -0.4 is 14.8 Å². The Bertz CT molecular complexity index is 975. The van der Waals surface area contributed by atoms with Crippen LogP contribution in [0.15, 0.2) is 72.8 Å². The van der Waals surface area contributed by atoms with Crippen molar-refractivity contribution >= 4 is 28.9 Å². The fourth-order valence-electron chi connectivity index (χ4n) is 2.32. The predicted octanol–water partition coefficient (Wildman–Crippen LogP) is 5.06. The van der Waals surface area contributed by atoms with Gasteiger partial charge in [0.25, 0.3) is 5.91 Å². The lowest BCUT2D eigenvalue weighted by atomic mass is 10.3. The molecule has 0 fully saturated rings. The van der Waals surface area contributed by atoms with E-state index in [0.717, 1.165) is 0 Å². The van der Waals surface area contributed by atoms with Gasteiger partial charge in [0.05, 0.1) is 4.92 Å². The molecule has 0 aliphatic carbocycles. The first-order valence-electron chi connectivity index (χ1n) is 8.21. The van der Waals surface area contributed by atoms with E-state index in [1.165, 1.54) is 18.2 Å². The summed E-state index contributed by atoms with van der Waals surface area (Å²) in [7, 11) is 0. The molecule has 3 rings (SSSR count). The molecule has 7 nitrogen and oxygen atoms in total. The van der Waals surface area contributed by atoms with E-state index in [4.69, 9.17) is 21.1 Å². The third-order valence-corrected chi connectivity index (χ3v) is 3.86. The maximum atomic E-state index is 12.0. The van der Waals surface area contributed by atoms with Gasteiger partial charge in [0.15, 0.2) is 12.4 Å². The Morgan fingerprint density at radius 3 is 2.21 bits per heavy atom. The molecule has 0 aliphatic heterocycles. The van der Waals surface area contributed by atoms with E-state index in [9.17, 15) is 14.9 Å². The first-order chi connectivity index (χ1) is 13.5. The van der Waals surface area contributed by atoms with Crippen molar-refractivity contribution in [1.29, 1.82) is 0 Å². The van der Waals surface area contributed by atoms with Gasteiger partial charge in [0.1, 0.15) is 11.5 Å². The largest absolute Gasteiger partial charge is 0.477 e. The Kier molecular flexibility index (Phi) is 6.08. The van der Waals surface area contributed by atoms with Crippen LogP contribution in [0.1, 0.15) is 0 Å². The zero-order valence-electron chi connectivity index (χ0n) is 14.5. The molecule has 142 valence electrons. The summed E-state index contributed by atoms with van der Waals surface area (Å²) in [5.74, 6) is 0.828. The summed E-state index contributed by atoms with van der Waals surface area (Å²) >= 11 is 5.83. The number of nitro groups is 1. The van der Waals surface area contributed by atoms with Crippen molar-refractivity contribution in [3.63, 3.8) is 0 Å². The number of nitro benzene ring substituents is 1. The molecule has 3 aromatic rings. The third-order valence-electron chi connectivity index (χ3n) is 3.61. The van der Waals surface area contributed by atoms with E-state index < -0.39 is 10.8 Å². The SMILES string of the molecule is O=C(COc1ccccc1[N+](=O)[O-])Nc1ccc(Oc2ccc(Cl)cc2)cc1. The predicted molar refractivity (Wildman–Crippen MR) is 105 cm³/mol. The molecule has 0 saturated heterocycles. The highest BCUT2D eigenvalue weighted by Gasteiger charge is 2.15. The summed E-state index contributed by atoms with van der Waals surface area (Å²) in [6, 6.07) is 19.6. The van der Waals surface area contributed by atoms with Crippen molar-refractivity contribution in [2.75, 3.05) is 11.9 Å². The van der Waals surface area contributed by atoms with Crippen molar-refractivity contribution in [1.82, 2.24) is 0 Å². The summed E-state index contributed by atoms with van der Waals surface area (Å²) in [5.41, 5.74) is 0.346. The molecule has 28 heavy (non-hydrogen) atoms. The number of benzene rings is 3. The van der Waals surface area contributed by atoms with Gasteiger partial charge in [-0.1, -0.05) is 23.7 Å². The quantitative estimate of drug-likeness (QED) is 0.443. The van der Waals surface area contributed by atoms with Gasteiger partial charge in [-0.15, -0.1) is 0 Å². The highest BCUT2D eigenvalue weighted by atomic mass is 35.5. The van der Waals surface area contributed by atoms with Crippen LogP contribution in [0.3, 0.4) is 0 Å². The number of amides is 1. The van der Waals surface area contributed by atoms with Crippen molar-refractivity contribution in [2.24, 2.45) is 0 Å². The molecule has 0 saturated carbocycles. The molecule has 0 aliphatic rings. The third kappa shape index (κ3) is 5.21. The van der Waals surface area contributed by atoms with Crippen LogP contribution in [0, 0.1) is 10.1 Å². The number of anilines is 1. The van der Waals surface area contributed by atoms with E-state index >= 15 is 0 Å². The van der Waals surface area contributed by atoms with Crippen LogP contribution in [0.2, 0.25) is 5.02 Å². The van der Waals surface area contributed by atoms with Gasteiger partial charge in [0.2, 0.25) is 0 Å². The number of nitrogens with zero attached hydrogens (tertiary/aromatic N) is 1. The molecule has 0 spiro atoms. The summed E-state index contributed by atoms with van der Waals surface area (Å²) in [4.78, 5) is 22.4. The second-order valence-electron chi connectivity index (χ2n) is 5.64. The van der Waals surface area contributed by atoms with E-state index in [-0.39, 0.29) is 18.0 Å². The fraction of sp³-hybridized carbons (Fsp3) is 0.0500. The zero-order valence-corrected chi connectivity index (χ0v) is 15.3. The first-order valence-corrected chi connectivity index (χ1v) is 8.58. The van der Waals surface area contributed by atoms with Crippen LogP contribution in [0.5, 0.6) is 17.2 Å². The lowest BCUT2D eigenvalue weighted by molar-refractivity contribution is -0.385. The Labute approximate surface area is 165 Å². The number of hydrogen-bond donors (Lipinski definition) is 1. The molecule has 1 amide bonds. The van der Waals surface area contributed by atoms with E-state index in [2.05, 4.69) is 5.32 Å². The van der Waals surface area contributed by atoms with Gasteiger partial charge >= 0.3 is 5.69 Å². The minimum Gasteiger partial charge on any atom is -0.477 e. The number of hydrogen-bond acceptors (Lipinski definition) is 5. The summed E-state index contributed by atoms with van der Waals surface area (Å²) in [5, 5.41) is 14.2. The second kappa shape index (κ2) is 8.88. The Morgan fingerprint density at radius 2 is 1.57 bits per heavy atom. The Hall–Kier alpha value is -3.58. The number of halogens is 1. The van der Waals surface area contributed by atoms with Crippen molar-refractivity contribution < 1.29 is 19.2 Å². The van der Waals surface area contributed by atoms with Crippen molar-refractivity contribution in [3.8, 4) is 17.2 Å². The lowest BCUT2D eigenvalue weighted by Gasteiger charge is -2.09. The number of nitrogens with one attached hydrogen (secondary N) is 1. The number of para-hydroxylation sites is 2. The zero-order chi connectivity index (χ0) is 19.9. The van der Waals surface area contributed by atoms with Gasteiger partial charge in [0, 0.05) is 16.8 Å². The monoisotopic (exact) mass is 398 g/mol. The van der Waals surface area contributed by atoms with Crippen molar-refractivity contribution in [3.05, 3.63) is 87.9 Å². The van der Waals surface area contributed by atoms with E-state index in [1.807, 2.05) is 0 Å². The molecule has 0 aromatic heterocycles. The van der Waals surface area contributed by atoms with Crippen LogP contribution in [-0.2, 0) is 4.79 Å². The molecule has 1 N–H and O–H groups in total. The normalized spacial score (nSPS) is 10.2. The molecule has 8 heteroatoms. The topological polar surface area (TPSA) is 90.7 Å². The van der Waals surface area contributed by atoms with Crippen LogP contribution in [-0.4, -0.2) is 17.4 Å². The van der Waals surface area contributed by atoms with Crippen molar-refractivity contribution in [2.45, 2.75) is 0 Å². The Morgan fingerprint density at radius 1 is 0.964 bits per heavy atom. The van der Waals surface area contributed by atoms with Crippen LogP contribution in [0.25, 0.3) is 0 Å². The smallest absolute Gasteiger partial charge is 0.310 e. The molecule has 0 bridgehead atoms. The number of rotatable bonds is 7. The van der Waals surface area contributed by atoms with Crippen LogP contribution in [0.4, 0.5) is 11.4 Å². The number of ether oxygens (including phenoxy) is 2. The van der Waals surface area contributed by atoms with Gasteiger partial charge in [-0.25, -0.2) is 0 Å². The summed E-state index contributed by atoms with van der Waals surface area (Å²) in [6.07, 6.45) is 0. The standard InChI is InChI=1S/C20H15ClN2O5/c21-14-5-9-16(10-6-14)28-17-11-7-15(8-12-17)22-20(24)13-27-19-4-2-1-3-18(19)23(25)26/h1-12H,13H2,(H,22,24). The van der Waals surface area contributed by atoms with E-state index in [1.54, 1.807) is 54.6 Å². The molecule has 0 unspecified atom stereocenters. The second-order valence-corrected chi connectivity index (χ2v) is 6.08. The Balaban J connectivity index is 1.54. The molecule has 0 radical (unpaired) electrons. The number of carbonyl (C=O) groups excluding carboxylic acids is 1. The van der Waals surface area contributed by atoms with Crippen LogP contribution >= 0.6 is 11.6 Å². The molecule has 0 heterocycles. The summed E-state index contributed by atoms with van der Waals surface area (Å²) < 4.78 is 10.9. The molecule has 3 aromatic carbocycles. The maximum absolute atomic E-state index is 12.0. The highest BCUT2D eigenvalue weighted by molar-refractivity contribution is 6.30. The first kappa shape index (κ1) is 19.2. The van der Waals surface area contributed by atoms with Gasteiger partial charge in [-0.05, 0) is 54.6 Å². The van der Waals surface area contributed by atoms with Gasteiger partial charge < -0.3 is 14.8 Å². The summed E-state index contributed by atoms with van der Waals surface area (Å²) in [6.45, 7) is -0.353. The minimum absolute atomic E-state index is 0.0364. The lowest BCUT2D eigenvalue weighted by Crippen LogP contribution is -2.20. The number of carbonyl (C=O) groups is 1. The average Bonchev–Trinajstić information content (AvgIpc) is 2.70. The average molecular weight is 399 g/mol. The molecular formula is C20H15ClN2O5. The van der Waals surface area contributed by atoms with Gasteiger partial charge in [-0.3, -0.25) is 14.9 Å². The molecule has 0 atom stereocenters. The minimum atomic E-state index is -0.563.